The number of carboxylic acids is 1. The summed E-state index contributed by atoms with van der Waals surface area (Å²) >= 11 is 0. The molecule has 0 saturated heterocycles. The molecule has 0 aliphatic rings. The molecular weight excluding hydrogens is 274 g/mol. The van der Waals surface area contributed by atoms with E-state index < -0.39 is 31.1 Å². The van der Waals surface area contributed by atoms with E-state index in [1.807, 2.05) is 0 Å². The van der Waals surface area contributed by atoms with Crippen molar-refractivity contribution in [1.29, 1.82) is 0 Å². The molecule has 0 unspecified atom stereocenters. The molecule has 10 heteroatoms. The third-order valence-corrected chi connectivity index (χ3v) is 1.67. The van der Waals surface area contributed by atoms with E-state index in [9.17, 15) is 14.8 Å². The average molecular weight is 293 g/mol. The zero-order valence-electron chi connectivity index (χ0n) is 11.9. The molecule has 0 spiro atoms. The summed E-state index contributed by atoms with van der Waals surface area (Å²) in [5.41, 5.74) is -0.709. The molecule has 0 amide bonds. The smallest absolute Gasteiger partial charge is 0.511 e. The highest BCUT2D eigenvalue weighted by Gasteiger charge is 2.18. The van der Waals surface area contributed by atoms with Crippen LogP contribution in [0.5, 0.6) is 0 Å². The highest BCUT2D eigenvalue weighted by atomic mass is 16.8. The van der Waals surface area contributed by atoms with Gasteiger partial charge in [-0.3, -0.25) is 4.79 Å². The van der Waals surface area contributed by atoms with Crippen LogP contribution in [0.3, 0.4) is 0 Å². The molecule has 0 fully saturated rings. The number of rotatable bonds is 7. The lowest BCUT2D eigenvalue weighted by Crippen LogP contribution is -2.35. The lowest BCUT2D eigenvalue weighted by Gasteiger charge is -2.18. The molecule has 116 valence electrons. The second kappa shape index (κ2) is 8.02. The number of hydrogen-bond donors (Lipinski definition) is 1. The van der Waals surface area contributed by atoms with Crippen LogP contribution in [0.4, 0.5) is 4.79 Å². The van der Waals surface area contributed by atoms with Gasteiger partial charge in [0.15, 0.2) is 6.54 Å². The maximum Gasteiger partial charge on any atom is 0.511 e. The fourth-order valence-corrected chi connectivity index (χ4v) is 0.928. The summed E-state index contributed by atoms with van der Waals surface area (Å²) in [4.78, 5) is 25.9. The molecule has 0 aliphatic heterocycles. The largest absolute Gasteiger partial charge is 0.569 e. The average Bonchev–Trinajstić information content (AvgIpc) is 2.28. The number of carbonyl (C=O) groups excluding carboxylic acids is 1. The van der Waals surface area contributed by atoms with Crippen molar-refractivity contribution >= 4 is 12.1 Å². The van der Waals surface area contributed by atoms with E-state index in [-0.39, 0.29) is 11.5 Å². The summed E-state index contributed by atoms with van der Waals surface area (Å²) in [7, 11) is 0. The van der Waals surface area contributed by atoms with E-state index in [1.54, 1.807) is 27.7 Å². The Morgan fingerprint density at radius 1 is 1.40 bits per heavy atom. The number of nitrogens with zero attached hydrogens (tertiary/aromatic N) is 3. The van der Waals surface area contributed by atoms with Crippen molar-refractivity contribution < 1.29 is 34.0 Å². The molecule has 0 aromatic rings. The van der Waals surface area contributed by atoms with Gasteiger partial charge >= 0.3 is 12.1 Å². The normalized spacial score (nSPS) is 11.7. The number of ether oxygens (including phenoxy) is 2. The zero-order valence-corrected chi connectivity index (χ0v) is 11.9. The minimum absolute atomic E-state index is 0.0351. The fraction of sp³-hybridized carbons (Fsp3) is 0.800. The fourth-order valence-electron chi connectivity index (χ4n) is 0.928. The Hall–Kier alpha value is -2.26. The molecule has 0 bridgehead atoms. The minimum Gasteiger partial charge on any atom is -0.569 e. The summed E-state index contributed by atoms with van der Waals surface area (Å²) in [5, 5.41) is 23.7. The highest BCUT2D eigenvalue weighted by Crippen LogP contribution is 2.07. The van der Waals surface area contributed by atoms with Gasteiger partial charge < -0.3 is 24.6 Å². The van der Waals surface area contributed by atoms with E-state index in [0.717, 1.165) is 5.01 Å². The summed E-state index contributed by atoms with van der Waals surface area (Å²) in [6, 6.07) is 0. The van der Waals surface area contributed by atoms with Gasteiger partial charge in [-0.25, -0.2) is 4.79 Å². The molecule has 0 rings (SSSR count). The Morgan fingerprint density at radius 2 is 2.00 bits per heavy atom. The Bertz CT molecular complexity index is 364. The van der Waals surface area contributed by atoms with Gasteiger partial charge in [-0.1, -0.05) is 0 Å². The van der Waals surface area contributed by atoms with E-state index in [0.29, 0.717) is 0 Å². The minimum atomic E-state index is -1.19. The molecule has 0 aliphatic carbocycles. The number of carbonyl (C=O) groups is 2. The van der Waals surface area contributed by atoms with Gasteiger partial charge in [-0.2, -0.15) is 0 Å². The van der Waals surface area contributed by atoms with Gasteiger partial charge in [-0.15, -0.1) is 5.01 Å². The Kier molecular flexibility index (Phi) is 7.11. The van der Waals surface area contributed by atoms with Gasteiger partial charge in [-0.05, 0) is 27.7 Å². The maximum absolute atomic E-state index is 11.3. The van der Waals surface area contributed by atoms with Crippen molar-refractivity contribution in [3.8, 4) is 0 Å². The predicted molar refractivity (Wildman–Crippen MR) is 64.2 cm³/mol. The highest BCUT2D eigenvalue weighted by molar-refractivity contribution is 5.68. The van der Waals surface area contributed by atoms with Crippen LogP contribution in [0.15, 0.2) is 5.28 Å². The Labute approximate surface area is 116 Å². The predicted octanol–water partition coefficient (Wildman–Crippen LogP) is 1.11. The van der Waals surface area contributed by atoms with Crippen molar-refractivity contribution in [2.24, 2.45) is 5.28 Å². The van der Waals surface area contributed by atoms with Crippen molar-refractivity contribution in [1.82, 2.24) is 5.01 Å². The molecule has 0 radical (unpaired) electrons. The van der Waals surface area contributed by atoms with Gasteiger partial charge in [0.2, 0.25) is 5.28 Å². The summed E-state index contributed by atoms with van der Waals surface area (Å²) < 4.78 is 9.29. The molecule has 1 N–H and O–H groups in total. The van der Waals surface area contributed by atoms with Crippen molar-refractivity contribution in [2.75, 3.05) is 19.9 Å². The number of carboxylic acid groups (broad SMARTS) is 1. The van der Waals surface area contributed by atoms with Crippen LogP contribution in [0.2, 0.25) is 0 Å². The second-order valence-electron chi connectivity index (χ2n) is 4.56. The van der Waals surface area contributed by atoms with Crippen LogP contribution in [-0.2, 0) is 19.1 Å². The quantitative estimate of drug-likeness (QED) is 0.185. The summed E-state index contributed by atoms with van der Waals surface area (Å²) in [6.45, 7) is 5.51. The lowest BCUT2D eigenvalue weighted by atomic mass is 10.2. The van der Waals surface area contributed by atoms with Crippen LogP contribution in [0.1, 0.15) is 27.7 Å². The van der Waals surface area contributed by atoms with Crippen LogP contribution in [-0.4, -0.2) is 52.7 Å². The van der Waals surface area contributed by atoms with Crippen molar-refractivity contribution in [3.63, 3.8) is 0 Å². The SMILES string of the molecule is CCN(CC(=O)O)[N+]([O-])=NOCOC(=O)OC(C)(C)C. The number of hydrazine groups is 1. The molecule has 20 heavy (non-hydrogen) atoms. The first kappa shape index (κ1) is 17.7. The summed E-state index contributed by atoms with van der Waals surface area (Å²) in [5.74, 6) is -1.19. The third kappa shape index (κ3) is 8.78. The first-order chi connectivity index (χ1) is 9.15. The van der Waals surface area contributed by atoms with Gasteiger partial charge in [0.25, 0.3) is 6.79 Å². The molecule has 0 atom stereocenters. The molecule has 0 aromatic carbocycles. The van der Waals surface area contributed by atoms with Crippen LogP contribution in [0, 0.1) is 5.21 Å². The van der Waals surface area contributed by atoms with Gasteiger partial charge in [0, 0.05) is 0 Å². The first-order valence-corrected chi connectivity index (χ1v) is 5.78. The van der Waals surface area contributed by atoms with Crippen molar-refractivity contribution in [3.05, 3.63) is 5.21 Å². The molecule has 0 heterocycles. The molecule has 0 saturated carbocycles. The Morgan fingerprint density at radius 3 is 2.45 bits per heavy atom. The molecular formula is C10H19N3O7. The van der Waals surface area contributed by atoms with E-state index in [4.69, 9.17) is 9.84 Å². The van der Waals surface area contributed by atoms with Crippen molar-refractivity contribution in [2.45, 2.75) is 33.3 Å². The first-order valence-electron chi connectivity index (χ1n) is 5.78. The lowest BCUT2D eigenvalue weighted by molar-refractivity contribution is -0.709. The van der Waals surface area contributed by atoms with Crippen LogP contribution < -0.4 is 0 Å². The topological polar surface area (TPSA) is 124 Å². The van der Waals surface area contributed by atoms with E-state index >= 15 is 0 Å². The second-order valence-corrected chi connectivity index (χ2v) is 4.56. The van der Waals surface area contributed by atoms with Crippen LogP contribution >= 0.6 is 0 Å². The Balaban J connectivity index is 4.10. The van der Waals surface area contributed by atoms with Gasteiger partial charge in [0.05, 0.1) is 11.5 Å². The molecule has 10 nitrogen and oxygen atoms in total. The summed E-state index contributed by atoms with van der Waals surface area (Å²) in [6.07, 6.45) is -0.969. The number of aliphatic carboxylic acids is 1. The third-order valence-electron chi connectivity index (χ3n) is 1.67. The van der Waals surface area contributed by atoms with E-state index in [2.05, 4.69) is 14.9 Å². The zero-order chi connectivity index (χ0) is 15.8. The van der Waals surface area contributed by atoms with Gasteiger partial charge in [0.1, 0.15) is 5.60 Å². The number of hydrogen-bond acceptors (Lipinski definition) is 7. The molecule has 0 aromatic heterocycles. The standard InChI is InChI=1S/C10H19N3O7/c1-5-12(6-8(14)15)13(17)11-19-7-18-9(16)20-10(2,3)4/h5-7H2,1-4H3,(H,14,15). The number of likely N-dealkylation sites (N-methyl/N-ethyl adjacent to an activating group) is 1. The van der Waals surface area contributed by atoms with Crippen LogP contribution in [0.25, 0.3) is 0 Å². The monoisotopic (exact) mass is 293 g/mol. The van der Waals surface area contributed by atoms with E-state index in [1.165, 1.54) is 0 Å². The maximum atomic E-state index is 11.3.